The Labute approximate surface area is 137 Å². The van der Waals surface area contributed by atoms with Gasteiger partial charge in [-0.25, -0.2) is 0 Å². The molecule has 1 saturated heterocycles. The summed E-state index contributed by atoms with van der Waals surface area (Å²) in [4.78, 5) is 0. The van der Waals surface area contributed by atoms with Gasteiger partial charge in [0.15, 0.2) is 0 Å². The maximum atomic E-state index is 6.35. The van der Waals surface area contributed by atoms with Crippen LogP contribution in [-0.4, -0.2) is 41.2 Å². The zero-order valence-corrected chi connectivity index (χ0v) is 13.4. The predicted octanol–water partition coefficient (Wildman–Crippen LogP) is 2.50. The Bertz CT molecular complexity index is 638. The van der Waals surface area contributed by atoms with Crippen LogP contribution in [-0.2, 0) is 26.5 Å². The largest absolute Gasteiger partial charge is 0.382 e. The molecule has 1 aromatic carbocycles. The van der Waals surface area contributed by atoms with Gasteiger partial charge in [0, 0.05) is 17.7 Å². The highest BCUT2D eigenvalue weighted by molar-refractivity contribution is 6.35. The van der Waals surface area contributed by atoms with Crippen molar-refractivity contribution in [3.63, 3.8) is 0 Å². The van der Waals surface area contributed by atoms with Gasteiger partial charge >= 0.3 is 0 Å². The standard InChI is InChI=1S/C14H15Cl2N3O3/c1-20-5-11-6-21-14(22-11,7-19-8-17-18-9-19)12-3-2-10(15)4-13(12)16/h2-4,8-9,11H,5-7H2,1H3. The molecule has 6 nitrogen and oxygen atoms in total. The molecule has 1 aromatic heterocycles. The third kappa shape index (κ3) is 3.11. The Hall–Kier alpha value is -1.18. The maximum absolute atomic E-state index is 6.35. The van der Waals surface area contributed by atoms with Gasteiger partial charge in [0.05, 0.1) is 24.8 Å². The number of benzene rings is 1. The molecule has 0 radical (unpaired) electrons. The smallest absolute Gasteiger partial charge is 0.215 e. The lowest BCUT2D eigenvalue weighted by molar-refractivity contribution is -0.190. The molecular weight excluding hydrogens is 329 g/mol. The number of nitrogens with zero attached hydrogens (tertiary/aromatic N) is 3. The average Bonchev–Trinajstić information content (AvgIpc) is 3.10. The summed E-state index contributed by atoms with van der Waals surface area (Å²) in [6, 6.07) is 5.24. The summed E-state index contributed by atoms with van der Waals surface area (Å²) in [5, 5.41) is 8.65. The number of rotatable bonds is 5. The van der Waals surface area contributed by atoms with Crippen molar-refractivity contribution in [2.24, 2.45) is 0 Å². The lowest BCUT2D eigenvalue weighted by Gasteiger charge is -2.29. The Morgan fingerprint density at radius 2 is 2.14 bits per heavy atom. The summed E-state index contributed by atoms with van der Waals surface area (Å²) < 4.78 is 19.0. The van der Waals surface area contributed by atoms with Gasteiger partial charge in [-0.05, 0) is 12.1 Å². The van der Waals surface area contributed by atoms with Crippen molar-refractivity contribution < 1.29 is 14.2 Å². The first-order valence-corrected chi connectivity index (χ1v) is 7.47. The van der Waals surface area contributed by atoms with Crippen molar-refractivity contribution in [1.82, 2.24) is 14.8 Å². The molecule has 2 aromatic rings. The van der Waals surface area contributed by atoms with Gasteiger partial charge in [0.25, 0.3) is 0 Å². The van der Waals surface area contributed by atoms with Crippen LogP contribution in [0.5, 0.6) is 0 Å². The Morgan fingerprint density at radius 1 is 1.36 bits per heavy atom. The highest BCUT2D eigenvalue weighted by atomic mass is 35.5. The first-order valence-electron chi connectivity index (χ1n) is 6.71. The van der Waals surface area contributed by atoms with Crippen molar-refractivity contribution in [2.75, 3.05) is 20.3 Å². The second-order valence-corrected chi connectivity index (χ2v) is 5.86. The first kappa shape index (κ1) is 15.7. The van der Waals surface area contributed by atoms with E-state index in [4.69, 9.17) is 37.4 Å². The number of hydrogen-bond donors (Lipinski definition) is 0. The van der Waals surface area contributed by atoms with Crippen LogP contribution in [0.25, 0.3) is 0 Å². The number of halogens is 2. The summed E-state index contributed by atoms with van der Waals surface area (Å²) in [5.41, 5.74) is 0.714. The van der Waals surface area contributed by atoms with Crippen LogP contribution in [0.2, 0.25) is 10.0 Å². The van der Waals surface area contributed by atoms with Crippen molar-refractivity contribution in [3.05, 3.63) is 46.5 Å². The van der Waals surface area contributed by atoms with Crippen LogP contribution in [0.15, 0.2) is 30.9 Å². The fraction of sp³-hybridized carbons (Fsp3) is 0.429. The fourth-order valence-corrected chi connectivity index (χ4v) is 3.04. The number of hydrogen-bond acceptors (Lipinski definition) is 5. The second-order valence-electron chi connectivity index (χ2n) is 5.02. The van der Waals surface area contributed by atoms with E-state index in [1.54, 1.807) is 36.5 Å². The minimum Gasteiger partial charge on any atom is -0.382 e. The highest BCUT2D eigenvalue weighted by Crippen LogP contribution is 2.40. The van der Waals surface area contributed by atoms with Crippen LogP contribution in [0.3, 0.4) is 0 Å². The van der Waals surface area contributed by atoms with E-state index in [0.717, 1.165) is 0 Å². The average molecular weight is 344 g/mol. The molecule has 0 amide bonds. The molecule has 0 aliphatic carbocycles. The molecule has 3 rings (SSSR count). The molecule has 2 atom stereocenters. The molecule has 22 heavy (non-hydrogen) atoms. The molecule has 118 valence electrons. The summed E-state index contributed by atoms with van der Waals surface area (Å²) in [7, 11) is 1.62. The first-order chi connectivity index (χ1) is 10.6. The molecule has 0 saturated carbocycles. The fourth-order valence-electron chi connectivity index (χ4n) is 2.48. The predicted molar refractivity (Wildman–Crippen MR) is 80.9 cm³/mol. The molecule has 2 unspecified atom stereocenters. The summed E-state index contributed by atoms with van der Waals surface area (Å²) in [6.07, 6.45) is 3.03. The molecule has 0 spiro atoms. The van der Waals surface area contributed by atoms with Gasteiger partial charge in [-0.1, -0.05) is 29.3 Å². The zero-order valence-electron chi connectivity index (χ0n) is 11.9. The molecule has 0 bridgehead atoms. The van der Waals surface area contributed by atoms with Gasteiger partial charge in [-0.2, -0.15) is 0 Å². The molecule has 1 fully saturated rings. The molecule has 0 N–H and O–H groups in total. The number of methoxy groups -OCH3 is 1. The van der Waals surface area contributed by atoms with E-state index in [1.807, 2.05) is 6.07 Å². The van der Waals surface area contributed by atoms with Crippen LogP contribution in [0, 0.1) is 0 Å². The molecule has 8 heteroatoms. The third-order valence-electron chi connectivity index (χ3n) is 3.41. The van der Waals surface area contributed by atoms with E-state index >= 15 is 0 Å². The Kier molecular flexibility index (Phi) is 4.65. The van der Waals surface area contributed by atoms with E-state index in [-0.39, 0.29) is 6.10 Å². The minimum absolute atomic E-state index is 0.173. The van der Waals surface area contributed by atoms with Crippen molar-refractivity contribution >= 4 is 23.2 Å². The van der Waals surface area contributed by atoms with Crippen LogP contribution in [0.4, 0.5) is 0 Å². The van der Waals surface area contributed by atoms with Gasteiger partial charge in [-0.3, -0.25) is 0 Å². The highest BCUT2D eigenvalue weighted by Gasteiger charge is 2.45. The van der Waals surface area contributed by atoms with Gasteiger partial charge in [-0.15, -0.1) is 10.2 Å². The Balaban J connectivity index is 1.96. The topological polar surface area (TPSA) is 58.4 Å². The van der Waals surface area contributed by atoms with Crippen LogP contribution < -0.4 is 0 Å². The summed E-state index contributed by atoms with van der Waals surface area (Å²) in [5.74, 6) is -1.02. The van der Waals surface area contributed by atoms with E-state index in [1.165, 1.54) is 0 Å². The number of ether oxygens (including phenoxy) is 3. The monoisotopic (exact) mass is 343 g/mol. The van der Waals surface area contributed by atoms with E-state index in [9.17, 15) is 0 Å². The zero-order chi connectivity index (χ0) is 15.6. The van der Waals surface area contributed by atoms with Crippen molar-refractivity contribution in [1.29, 1.82) is 0 Å². The van der Waals surface area contributed by atoms with Crippen LogP contribution in [0.1, 0.15) is 5.56 Å². The normalized spacial score (nSPS) is 24.8. The quantitative estimate of drug-likeness (QED) is 0.834. The summed E-state index contributed by atoms with van der Waals surface area (Å²) in [6.45, 7) is 1.23. The van der Waals surface area contributed by atoms with Crippen LogP contribution >= 0.6 is 23.2 Å². The molecule has 1 aliphatic rings. The lowest BCUT2D eigenvalue weighted by atomic mass is 10.1. The van der Waals surface area contributed by atoms with E-state index < -0.39 is 5.79 Å². The van der Waals surface area contributed by atoms with Crippen molar-refractivity contribution in [3.8, 4) is 0 Å². The minimum atomic E-state index is -1.02. The van der Waals surface area contributed by atoms with Gasteiger partial charge in [0.1, 0.15) is 18.8 Å². The maximum Gasteiger partial charge on any atom is 0.215 e. The van der Waals surface area contributed by atoms with Gasteiger partial charge < -0.3 is 18.8 Å². The molecule has 2 heterocycles. The van der Waals surface area contributed by atoms with Crippen molar-refractivity contribution in [2.45, 2.75) is 18.4 Å². The lowest BCUT2D eigenvalue weighted by Crippen LogP contribution is -2.34. The third-order valence-corrected chi connectivity index (χ3v) is 3.96. The van der Waals surface area contributed by atoms with E-state index in [0.29, 0.717) is 35.4 Å². The Morgan fingerprint density at radius 3 is 2.82 bits per heavy atom. The number of aromatic nitrogens is 3. The SMILES string of the molecule is COCC1COC(Cn2cnnc2)(c2ccc(Cl)cc2Cl)O1. The second kappa shape index (κ2) is 6.52. The van der Waals surface area contributed by atoms with E-state index in [2.05, 4.69) is 10.2 Å². The molecular formula is C14H15Cl2N3O3. The van der Waals surface area contributed by atoms with Gasteiger partial charge in [0.2, 0.25) is 5.79 Å². The molecule has 1 aliphatic heterocycles. The summed E-state index contributed by atoms with van der Waals surface area (Å²) >= 11 is 12.3.